The Bertz CT molecular complexity index is 553. The van der Waals surface area contributed by atoms with Crippen molar-refractivity contribution in [3.63, 3.8) is 0 Å². The van der Waals surface area contributed by atoms with E-state index in [1.54, 1.807) is 12.1 Å². The Labute approximate surface area is 95.4 Å². The van der Waals surface area contributed by atoms with Crippen molar-refractivity contribution in [3.8, 4) is 11.1 Å². The highest BCUT2D eigenvalue weighted by molar-refractivity contribution is 5.66. The smallest absolute Gasteiger partial charge is 0.182 e. The summed E-state index contributed by atoms with van der Waals surface area (Å²) in [5.74, 6) is 0. The minimum Gasteiger partial charge on any atom is -0.290 e. The van der Waals surface area contributed by atoms with Gasteiger partial charge in [-0.2, -0.15) is 0 Å². The molecule has 0 aromatic heterocycles. The molecule has 0 saturated heterocycles. The van der Waals surface area contributed by atoms with Gasteiger partial charge < -0.3 is 0 Å². The summed E-state index contributed by atoms with van der Waals surface area (Å²) in [5.41, 5.74) is 4.21. The Morgan fingerprint density at radius 3 is 2.12 bits per heavy atom. The van der Waals surface area contributed by atoms with E-state index in [4.69, 9.17) is 0 Å². The predicted molar refractivity (Wildman–Crippen MR) is 67.6 cm³/mol. The molecule has 2 rings (SSSR count). The lowest BCUT2D eigenvalue weighted by molar-refractivity contribution is 1.41. The fourth-order valence-corrected chi connectivity index (χ4v) is 1.72. The fraction of sp³-hybridized carbons (Fsp3) is 0.133. The van der Waals surface area contributed by atoms with Gasteiger partial charge in [0.15, 0.2) is 5.43 Å². The number of hydrogen-bond donors (Lipinski definition) is 0. The van der Waals surface area contributed by atoms with Crippen molar-refractivity contribution in [2.45, 2.75) is 13.8 Å². The van der Waals surface area contributed by atoms with E-state index in [2.05, 4.69) is 31.2 Å². The van der Waals surface area contributed by atoms with Gasteiger partial charge in [-0.05, 0) is 31.0 Å². The van der Waals surface area contributed by atoms with E-state index < -0.39 is 0 Å². The van der Waals surface area contributed by atoms with E-state index in [1.165, 1.54) is 5.56 Å². The fourth-order valence-electron chi connectivity index (χ4n) is 1.72. The Kier molecular flexibility index (Phi) is 2.86. The highest BCUT2D eigenvalue weighted by Crippen LogP contribution is 2.20. The molecule has 2 aromatic rings. The lowest BCUT2D eigenvalue weighted by Crippen LogP contribution is -2.00. The molecule has 0 aliphatic carbocycles. The standard InChI is InChI=1S/C15H14O/c1-11-7-9-13(10-8-11)14-5-3-4-6-15(16)12(14)2/h3-10H,1-2H3. The Morgan fingerprint density at radius 2 is 1.44 bits per heavy atom. The number of rotatable bonds is 1. The second-order valence-corrected chi connectivity index (χ2v) is 3.99. The van der Waals surface area contributed by atoms with E-state index in [9.17, 15) is 4.79 Å². The molecule has 0 bridgehead atoms. The predicted octanol–water partition coefficient (Wildman–Crippen LogP) is 3.33. The molecular weight excluding hydrogens is 196 g/mol. The Hall–Kier alpha value is -1.89. The van der Waals surface area contributed by atoms with Gasteiger partial charge in [0.05, 0.1) is 0 Å². The second-order valence-electron chi connectivity index (χ2n) is 3.99. The van der Waals surface area contributed by atoms with Crippen LogP contribution < -0.4 is 5.43 Å². The molecule has 0 saturated carbocycles. The molecule has 0 atom stereocenters. The number of benzene rings is 1. The molecule has 2 aromatic carbocycles. The lowest BCUT2D eigenvalue weighted by Gasteiger charge is -2.02. The van der Waals surface area contributed by atoms with Crippen molar-refractivity contribution in [3.05, 3.63) is 69.9 Å². The summed E-state index contributed by atoms with van der Waals surface area (Å²) in [6, 6.07) is 15.5. The first-order valence-corrected chi connectivity index (χ1v) is 5.35. The van der Waals surface area contributed by atoms with Crippen LogP contribution in [0.3, 0.4) is 0 Å². The molecule has 0 N–H and O–H groups in total. The van der Waals surface area contributed by atoms with Crippen LogP contribution in [0, 0.1) is 13.8 Å². The summed E-state index contributed by atoms with van der Waals surface area (Å²) in [4.78, 5) is 11.7. The molecule has 0 aliphatic rings. The Morgan fingerprint density at radius 1 is 0.812 bits per heavy atom. The monoisotopic (exact) mass is 210 g/mol. The zero-order valence-corrected chi connectivity index (χ0v) is 9.53. The summed E-state index contributed by atoms with van der Waals surface area (Å²) in [5, 5.41) is 0. The van der Waals surface area contributed by atoms with Crippen LogP contribution in [0.25, 0.3) is 11.1 Å². The molecule has 0 fully saturated rings. The van der Waals surface area contributed by atoms with Gasteiger partial charge >= 0.3 is 0 Å². The number of aryl methyl sites for hydroxylation is 1. The maximum Gasteiger partial charge on any atom is 0.182 e. The lowest BCUT2D eigenvalue weighted by atomic mass is 10.0. The summed E-state index contributed by atoms with van der Waals surface area (Å²) in [7, 11) is 0. The quantitative estimate of drug-likeness (QED) is 0.705. The van der Waals surface area contributed by atoms with Gasteiger partial charge in [-0.1, -0.05) is 48.0 Å². The molecule has 80 valence electrons. The van der Waals surface area contributed by atoms with Crippen LogP contribution in [0.1, 0.15) is 11.1 Å². The van der Waals surface area contributed by atoms with E-state index in [0.717, 1.165) is 16.7 Å². The van der Waals surface area contributed by atoms with Crippen LogP contribution in [0.15, 0.2) is 53.3 Å². The van der Waals surface area contributed by atoms with Crippen molar-refractivity contribution < 1.29 is 0 Å². The highest BCUT2D eigenvalue weighted by atomic mass is 16.1. The minimum atomic E-state index is 0.0839. The second kappa shape index (κ2) is 4.31. The van der Waals surface area contributed by atoms with Crippen LogP contribution in [0.2, 0.25) is 0 Å². The van der Waals surface area contributed by atoms with Crippen molar-refractivity contribution in [2.24, 2.45) is 0 Å². The average Bonchev–Trinajstić information content (AvgIpc) is 2.44. The molecule has 0 spiro atoms. The zero-order chi connectivity index (χ0) is 11.5. The van der Waals surface area contributed by atoms with Gasteiger partial charge in [-0.25, -0.2) is 0 Å². The van der Waals surface area contributed by atoms with Crippen molar-refractivity contribution in [1.29, 1.82) is 0 Å². The SMILES string of the molecule is Cc1ccc(-c2ccccc(=O)c2C)cc1. The van der Waals surface area contributed by atoms with Gasteiger partial charge in [0.1, 0.15) is 0 Å². The van der Waals surface area contributed by atoms with Gasteiger partial charge in [0.2, 0.25) is 0 Å². The molecule has 16 heavy (non-hydrogen) atoms. The van der Waals surface area contributed by atoms with E-state index in [-0.39, 0.29) is 5.43 Å². The molecule has 0 radical (unpaired) electrons. The normalized spacial score (nSPS) is 10.1. The van der Waals surface area contributed by atoms with Crippen molar-refractivity contribution in [2.75, 3.05) is 0 Å². The van der Waals surface area contributed by atoms with Crippen LogP contribution in [-0.2, 0) is 0 Å². The maximum atomic E-state index is 11.7. The van der Waals surface area contributed by atoms with Crippen molar-refractivity contribution in [1.82, 2.24) is 0 Å². The minimum absolute atomic E-state index is 0.0839. The third-order valence-electron chi connectivity index (χ3n) is 2.76. The largest absolute Gasteiger partial charge is 0.290 e. The molecule has 0 unspecified atom stereocenters. The van der Waals surface area contributed by atoms with E-state index in [1.807, 2.05) is 19.1 Å². The number of hydrogen-bond acceptors (Lipinski definition) is 1. The highest BCUT2D eigenvalue weighted by Gasteiger charge is 2.02. The van der Waals surface area contributed by atoms with Crippen LogP contribution in [0.4, 0.5) is 0 Å². The third-order valence-corrected chi connectivity index (χ3v) is 2.76. The van der Waals surface area contributed by atoms with Crippen LogP contribution in [0.5, 0.6) is 0 Å². The first kappa shape index (κ1) is 10.6. The summed E-state index contributed by atoms with van der Waals surface area (Å²) >= 11 is 0. The van der Waals surface area contributed by atoms with Gasteiger partial charge in [-0.3, -0.25) is 4.79 Å². The molecular formula is C15H14O. The first-order valence-electron chi connectivity index (χ1n) is 5.35. The third kappa shape index (κ3) is 2.03. The summed E-state index contributed by atoms with van der Waals surface area (Å²) in [6.45, 7) is 3.93. The molecule has 0 aliphatic heterocycles. The molecule has 0 amide bonds. The Balaban J connectivity index is 2.66. The van der Waals surface area contributed by atoms with Gasteiger partial charge in [0, 0.05) is 5.56 Å². The molecule has 1 heteroatoms. The van der Waals surface area contributed by atoms with E-state index in [0.29, 0.717) is 0 Å². The summed E-state index contributed by atoms with van der Waals surface area (Å²) < 4.78 is 0. The molecule has 1 nitrogen and oxygen atoms in total. The average molecular weight is 210 g/mol. The van der Waals surface area contributed by atoms with Crippen LogP contribution in [-0.4, -0.2) is 0 Å². The van der Waals surface area contributed by atoms with Crippen LogP contribution >= 0.6 is 0 Å². The van der Waals surface area contributed by atoms with Gasteiger partial charge in [-0.15, -0.1) is 0 Å². The first-order chi connectivity index (χ1) is 7.68. The topological polar surface area (TPSA) is 17.1 Å². The van der Waals surface area contributed by atoms with E-state index >= 15 is 0 Å². The van der Waals surface area contributed by atoms with Gasteiger partial charge in [0.25, 0.3) is 0 Å². The molecule has 0 heterocycles. The summed E-state index contributed by atoms with van der Waals surface area (Å²) in [6.07, 6.45) is 0. The maximum absolute atomic E-state index is 11.7. The zero-order valence-electron chi connectivity index (χ0n) is 9.53. The van der Waals surface area contributed by atoms with Crippen molar-refractivity contribution >= 4 is 0 Å².